The average molecular weight is 650 g/mol. The van der Waals surface area contributed by atoms with Gasteiger partial charge < -0.3 is 25.8 Å². The molecule has 1 fully saturated rings. The molecular weight excluding hydrogens is 602 g/mol. The molecule has 1 aromatic carbocycles. The zero-order valence-electron chi connectivity index (χ0n) is 27.4. The normalized spacial score (nSPS) is 16.1. The minimum absolute atomic E-state index is 0.00492. The molecule has 244 valence electrons. The summed E-state index contributed by atoms with van der Waals surface area (Å²) in [6, 6.07) is 4.19. The van der Waals surface area contributed by atoms with Crippen LogP contribution in [0.1, 0.15) is 71.4 Å². The van der Waals surface area contributed by atoms with E-state index in [1.807, 2.05) is 13.8 Å². The highest BCUT2D eigenvalue weighted by molar-refractivity contribution is 7.95. The second kappa shape index (κ2) is 14.9. The van der Waals surface area contributed by atoms with E-state index in [9.17, 15) is 8.42 Å². The van der Waals surface area contributed by atoms with Crippen molar-refractivity contribution in [2.24, 2.45) is 10.7 Å². The lowest BCUT2D eigenvalue weighted by Crippen LogP contribution is -2.50. The first kappa shape index (κ1) is 35.5. The van der Waals surface area contributed by atoms with Crippen LogP contribution in [-0.2, 0) is 14.6 Å². The summed E-state index contributed by atoms with van der Waals surface area (Å²) in [6.45, 7) is 16.3. The van der Waals surface area contributed by atoms with E-state index in [0.29, 0.717) is 24.0 Å². The Hall–Kier alpha value is -2.93. The largest absolute Gasteiger partial charge is 0.489 e. The fraction of sp³-hybridized carbons (Fsp3) is 0.581. The summed E-state index contributed by atoms with van der Waals surface area (Å²) >= 11 is 6.41. The van der Waals surface area contributed by atoms with Crippen LogP contribution in [0.4, 0.5) is 17.5 Å². The molecule has 0 spiro atoms. The van der Waals surface area contributed by atoms with E-state index < -0.39 is 15.1 Å². The van der Waals surface area contributed by atoms with Gasteiger partial charge in [-0.1, -0.05) is 11.6 Å². The molecular formula is C31H48ClN7O4S. The molecule has 0 saturated carbocycles. The van der Waals surface area contributed by atoms with Gasteiger partial charge in [-0.25, -0.2) is 13.4 Å². The fourth-order valence-electron chi connectivity index (χ4n) is 5.29. The van der Waals surface area contributed by atoms with Crippen molar-refractivity contribution >= 4 is 45.1 Å². The summed E-state index contributed by atoms with van der Waals surface area (Å²) in [5.41, 5.74) is 9.23. The summed E-state index contributed by atoms with van der Waals surface area (Å²) in [6.07, 6.45) is 4.78. The molecule has 0 aliphatic carbocycles. The number of piperidine rings is 1. The molecule has 3 rings (SSSR count). The van der Waals surface area contributed by atoms with Crippen molar-refractivity contribution in [1.82, 2.24) is 14.9 Å². The van der Waals surface area contributed by atoms with Gasteiger partial charge in [-0.3, -0.25) is 9.89 Å². The van der Waals surface area contributed by atoms with E-state index in [1.165, 1.54) is 25.0 Å². The molecule has 0 bridgehead atoms. The van der Waals surface area contributed by atoms with Crippen LogP contribution < -0.4 is 21.1 Å². The Bertz CT molecular complexity index is 1470. The molecule has 2 heterocycles. The van der Waals surface area contributed by atoms with E-state index in [0.717, 1.165) is 31.5 Å². The first-order valence-corrected chi connectivity index (χ1v) is 16.8. The Balaban J connectivity index is 1.92. The smallest absolute Gasteiger partial charge is 0.229 e. The number of aromatic nitrogens is 2. The highest BCUT2D eigenvalue weighted by atomic mass is 35.5. The Morgan fingerprint density at radius 1 is 1.25 bits per heavy atom. The van der Waals surface area contributed by atoms with Crippen LogP contribution in [0.15, 0.2) is 34.0 Å². The van der Waals surface area contributed by atoms with Crippen molar-refractivity contribution in [2.45, 2.75) is 84.1 Å². The summed E-state index contributed by atoms with van der Waals surface area (Å²) in [5.74, 6) is 1.52. The minimum Gasteiger partial charge on any atom is -0.489 e. The monoisotopic (exact) mass is 649 g/mol. The number of nitrogens with zero attached hydrogens (tertiary/aromatic N) is 4. The zero-order chi connectivity index (χ0) is 32.8. The maximum Gasteiger partial charge on any atom is 0.229 e. The molecule has 0 unspecified atom stereocenters. The second-order valence-corrected chi connectivity index (χ2v) is 15.2. The Morgan fingerprint density at radius 3 is 2.48 bits per heavy atom. The SMILES string of the molecule is CN=CC(Nc1nc(Nc2cc(C)c(C3CCN(C(C)(C)COC)CC3)cc2OC(C)C)ncc1Cl)=C(N)S(=O)(=O)C(C)C. The lowest BCUT2D eigenvalue weighted by Gasteiger charge is -2.43. The molecule has 1 saturated heterocycles. The van der Waals surface area contributed by atoms with Crippen LogP contribution in [-0.4, -0.2) is 80.2 Å². The number of sulfone groups is 1. The Kier molecular flexibility index (Phi) is 12.0. The lowest BCUT2D eigenvalue weighted by atomic mass is 9.85. The quantitative estimate of drug-likeness (QED) is 0.233. The van der Waals surface area contributed by atoms with Crippen molar-refractivity contribution in [1.29, 1.82) is 0 Å². The molecule has 0 amide bonds. The average Bonchev–Trinajstić information content (AvgIpc) is 2.95. The van der Waals surface area contributed by atoms with Gasteiger partial charge in [0.05, 0.1) is 35.5 Å². The summed E-state index contributed by atoms with van der Waals surface area (Å²) in [4.78, 5) is 15.3. The number of allylic oxidation sites excluding steroid dienone is 1. The van der Waals surface area contributed by atoms with Gasteiger partial charge in [0.1, 0.15) is 10.8 Å². The number of nitrogens with one attached hydrogen (secondary N) is 2. The number of halogens is 1. The number of aryl methyl sites for hydroxylation is 1. The number of likely N-dealkylation sites (tertiary alicyclic amines) is 1. The zero-order valence-corrected chi connectivity index (χ0v) is 28.9. The number of hydrogen-bond donors (Lipinski definition) is 3. The molecule has 13 heteroatoms. The number of methoxy groups -OCH3 is 1. The molecule has 44 heavy (non-hydrogen) atoms. The van der Waals surface area contributed by atoms with E-state index in [1.54, 1.807) is 21.0 Å². The Labute approximate surface area is 267 Å². The highest BCUT2D eigenvalue weighted by Gasteiger charge is 2.32. The van der Waals surface area contributed by atoms with Crippen LogP contribution >= 0.6 is 11.6 Å². The van der Waals surface area contributed by atoms with Gasteiger partial charge in [-0.2, -0.15) is 4.98 Å². The predicted octanol–water partition coefficient (Wildman–Crippen LogP) is 5.64. The van der Waals surface area contributed by atoms with E-state index >= 15 is 0 Å². The van der Waals surface area contributed by atoms with Gasteiger partial charge in [0.25, 0.3) is 0 Å². The molecule has 4 N–H and O–H groups in total. The summed E-state index contributed by atoms with van der Waals surface area (Å²) < 4.78 is 37.2. The standard InChI is InChI=1S/C31H48ClN7O4S/c1-19(2)43-27-15-23(22-10-12-39(13-11-22)31(6,7)18-42-9)21(5)14-25(27)37-30-35-16-24(32)29(38-30)36-26(17-34-8)28(33)44(40,41)20(3)4/h14-17,19-20,22H,10-13,18,33H2,1-9H3,(H2,35,36,37,38). The highest BCUT2D eigenvalue weighted by Crippen LogP contribution is 2.39. The van der Waals surface area contributed by atoms with Crippen LogP contribution in [0.2, 0.25) is 5.02 Å². The van der Waals surface area contributed by atoms with Gasteiger partial charge in [-0.05, 0) is 104 Å². The fourth-order valence-corrected chi connectivity index (χ4v) is 6.35. The van der Waals surface area contributed by atoms with Crippen molar-refractivity contribution in [3.63, 3.8) is 0 Å². The van der Waals surface area contributed by atoms with Gasteiger partial charge in [0, 0.05) is 25.9 Å². The molecule has 1 aliphatic heterocycles. The number of rotatable bonds is 13. The summed E-state index contributed by atoms with van der Waals surface area (Å²) in [5, 5.41) is 5.31. The third-order valence-electron chi connectivity index (χ3n) is 7.71. The second-order valence-electron chi connectivity index (χ2n) is 12.3. The Morgan fingerprint density at radius 2 is 1.91 bits per heavy atom. The number of aliphatic imine (C=N–C) groups is 1. The van der Waals surface area contributed by atoms with Crippen LogP contribution in [0, 0.1) is 6.92 Å². The number of anilines is 3. The first-order chi connectivity index (χ1) is 20.6. The molecule has 1 aliphatic rings. The predicted molar refractivity (Wildman–Crippen MR) is 180 cm³/mol. The number of nitrogens with two attached hydrogens (primary N) is 1. The number of ether oxygens (including phenoxy) is 2. The van der Waals surface area contributed by atoms with Gasteiger partial charge in [0.2, 0.25) is 5.95 Å². The minimum atomic E-state index is -3.76. The van der Waals surface area contributed by atoms with Gasteiger partial charge in [0.15, 0.2) is 20.7 Å². The van der Waals surface area contributed by atoms with Crippen molar-refractivity contribution < 1.29 is 17.9 Å². The van der Waals surface area contributed by atoms with Crippen molar-refractivity contribution in [3.8, 4) is 5.75 Å². The van der Waals surface area contributed by atoms with Crippen LogP contribution in [0.5, 0.6) is 5.75 Å². The van der Waals surface area contributed by atoms with E-state index in [-0.39, 0.29) is 39.2 Å². The van der Waals surface area contributed by atoms with Gasteiger partial charge in [-0.15, -0.1) is 0 Å². The topological polar surface area (TPSA) is 144 Å². The number of benzene rings is 1. The van der Waals surface area contributed by atoms with E-state index in [4.69, 9.17) is 26.8 Å². The third kappa shape index (κ3) is 8.62. The first-order valence-electron chi connectivity index (χ1n) is 14.9. The molecule has 1 aromatic heterocycles. The van der Waals surface area contributed by atoms with Crippen LogP contribution in [0.3, 0.4) is 0 Å². The maximum absolute atomic E-state index is 12.7. The molecule has 0 radical (unpaired) electrons. The molecule has 11 nitrogen and oxygen atoms in total. The molecule has 2 aromatic rings. The lowest BCUT2D eigenvalue weighted by molar-refractivity contribution is 0.0186. The van der Waals surface area contributed by atoms with Crippen LogP contribution in [0.25, 0.3) is 0 Å². The van der Waals surface area contributed by atoms with E-state index in [2.05, 4.69) is 63.4 Å². The number of hydrogen-bond acceptors (Lipinski definition) is 11. The molecule has 0 atom stereocenters. The van der Waals surface area contributed by atoms with Gasteiger partial charge >= 0.3 is 0 Å². The van der Waals surface area contributed by atoms with Crippen molar-refractivity contribution in [3.05, 3.63) is 45.2 Å². The third-order valence-corrected chi connectivity index (χ3v) is 10.1. The maximum atomic E-state index is 12.7. The van der Waals surface area contributed by atoms with Crippen molar-refractivity contribution in [2.75, 3.05) is 44.5 Å². The summed E-state index contributed by atoms with van der Waals surface area (Å²) in [7, 11) is -0.497.